The second-order valence-corrected chi connectivity index (χ2v) is 5.36. The summed E-state index contributed by atoms with van der Waals surface area (Å²) >= 11 is 6.00. The number of ether oxygens (including phenoxy) is 1. The molecule has 3 amide bonds. The van der Waals surface area contributed by atoms with Crippen LogP contribution in [0.5, 0.6) is 5.75 Å². The number of hydrogen-bond acceptors (Lipinski definition) is 3. The fourth-order valence-corrected chi connectivity index (χ4v) is 1.90. The van der Waals surface area contributed by atoms with Crippen LogP contribution in [0.3, 0.4) is 0 Å². The van der Waals surface area contributed by atoms with E-state index >= 15 is 0 Å². The van der Waals surface area contributed by atoms with E-state index in [1.54, 1.807) is 12.1 Å². The predicted molar refractivity (Wildman–Crippen MR) is 80.9 cm³/mol. The molecule has 0 atom stereocenters. The summed E-state index contributed by atoms with van der Waals surface area (Å²) in [4.78, 5) is 23.3. The average Bonchev–Trinajstić information content (AvgIpc) is 3.24. The first-order valence-corrected chi connectivity index (χ1v) is 7.05. The molecule has 0 spiro atoms. The van der Waals surface area contributed by atoms with Crippen molar-refractivity contribution < 1.29 is 14.3 Å². The van der Waals surface area contributed by atoms with Crippen molar-refractivity contribution in [3.8, 4) is 5.75 Å². The van der Waals surface area contributed by atoms with Crippen molar-refractivity contribution in [2.24, 2.45) is 0 Å². The molecule has 0 bridgehead atoms. The van der Waals surface area contributed by atoms with Crippen molar-refractivity contribution >= 4 is 29.2 Å². The lowest BCUT2D eigenvalue weighted by Gasteiger charge is -2.12. The smallest absolute Gasteiger partial charge is 0.315 e. The molecule has 21 heavy (non-hydrogen) atoms. The summed E-state index contributed by atoms with van der Waals surface area (Å²) < 4.78 is 5.17. The standard InChI is InChI=1S/C14H18ClN3O3/c1-8-5-11(12(21-2)6-10(8)15)18-13(19)7-16-14(20)17-9-3-4-9/h5-6,9H,3-4,7H2,1-2H3,(H,18,19)(H2,16,17,20). The molecule has 7 heteroatoms. The Morgan fingerprint density at radius 1 is 1.38 bits per heavy atom. The van der Waals surface area contributed by atoms with Crippen molar-refractivity contribution in [3.05, 3.63) is 22.7 Å². The highest BCUT2D eigenvalue weighted by Crippen LogP contribution is 2.30. The molecule has 0 heterocycles. The van der Waals surface area contributed by atoms with Crippen molar-refractivity contribution in [2.75, 3.05) is 19.0 Å². The lowest BCUT2D eigenvalue weighted by molar-refractivity contribution is -0.115. The van der Waals surface area contributed by atoms with Gasteiger partial charge in [-0.25, -0.2) is 4.79 Å². The molecule has 0 unspecified atom stereocenters. The number of carbonyl (C=O) groups excluding carboxylic acids is 2. The summed E-state index contributed by atoms with van der Waals surface area (Å²) in [7, 11) is 1.50. The summed E-state index contributed by atoms with van der Waals surface area (Å²) in [5.41, 5.74) is 1.35. The number of aryl methyl sites for hydroxylation is 1. The molecule has 0 aromatic heterocycles. The van der Waals surface area contributed by atoms with Crippen LogP contribution in [-0.2, 0) is 4.79 Å². The van der Waals surface area contributed by atoms with E-state index in [2.05, 4.69) is 16.0 Å². The van der Waals surface area contributed by atoms with E-state index in [9.17, 15) is 9.59 Å². The van der Waals surface area contributed by atoms with Gasteiger partial charge in [0.2, 0.25) is 5.91 Å². The lowest BCUT2D eigenvalue weighted by Crippen LogP contribution is -2.40. The lowest BCUT2D eigenvalue weighted by atomic mass is 10.2. The summed E-state index contributed by atoms with van der Waals surface area (Å²) in [5, 5.41) is 8.50. The highest BCUT2D eigenvalue weighted by atomic mass is 35.5. The monoisotopic (exact) mass is 311 g/mol. The number of anilines is 1. The van der Waals surface area contributed by atoms with Crippen molar-refractivity contribution in [3.63, 3.8) is 0 Å². The van der Waals surface area contributed by atoms with E-state index in [0.717, 1.165) is 18.4 Å². The van der Waals surface area contributed by atoms with Crippen LogP contribution < -0.4 is 20.7 Å². The third-order valence-electron chi connectivity index (χ3n) is 3.08. The quantitative estimate of drug-likeness (QED) is 0.778. The predicted octanol–water partition coefficient (Wildman–Crippen LogP) is 2.06. The van der Waals surface area contributed by atoms with Crippen LogP contribution in [0, 0.1) is 6.92 Å². The fourth-order valence-electron chi connectivity index (χ4n) is 1.75. The number of carbonyl (C=O) groups is 2. The van der Waals surface area contributed by atoms with E-state index in [-0.39, 0.29) is 24.5 Å². The minimum absolute atomic E-state index is 0.108. The van der Waals surface area contributed by atoms with Crippen LogP contribution in [0.2, 0.25) is 5.02 Å². The first-order chi connectivity index (χ1) is 9.99. The molecule has 1 aromatic carbocycles. The number of halogens is 1. The zero-order chi connectivity index (χ0) is 15.4. The number of amides is 3. The molecule has 0 saturated heterocycles. The Bertz CT molecular complexity index is 559. The van der Waals surface area contributed by atoms with Gasteiger partial charge in [-0.05, 0) is 31.4 Å². The zero-order valence-corrected chi connectivity index (χ0v) is 12.7. The van der Waals surface area contributed by atoms with Crippen molar-refractivity contribution in [1.29, 1.82) is 0 Å². The number of benzene rings is 1. The van der Waals surface area contributed by atoms with Gasteiger partial charge in [-0.1, -0.05) is 11.6 Å². The molecular weight excluding hydrogens is 294 g/mol. The molecule has 114 valence electrons. The average molecular weight is 312 g/mol. The van der Waals surface area contributed by atoms with Gasteiger partial charge in [-0.2, -0.15) is 0 Å². The van der Waals surface area contributed by atoms with Crippen LogP contribution in [0.15, 0.2) is 12.1 Å². The highest BCUT2D eigenvalue weighted by Gasteiger charge is 2.23. The van der Waals surface area contributed by atoms with Gasteiger partial charge in [0.25, 0.3) is 0 Å². The molecular formula is C14H18ClN3O3. The molecule has 1 aliphatic carbocycles. The van der Waals surface area contributed by atoms with Gasteiger partial charge in [0.15, 0.2) is 0 Å². The Morgan fingerprint density at radius 3 is 2.71 bits per heavy atom. The van der Waals surface area contributed by atoms with Crippen LogP contribution in [0.1, 0.15) is 18.4 Å². The van der Waals surface area contributed by atoms with Crippen LogP contribution >= 0.6 is 11.6 Å². The first-order valence-electron chi connectivity index (χ1n) is 6.68. The molecule has 0 aliphatic heterocycles. The topological polar surface area (TPSA) is 79.5 Å². The van der Waals surface area contributed by atoms with Gasteiger partial charge >= 0.3 is 6.03 Å². The van der Waals surface area contributed by atoms with Crippen LogP contribution in [-0.4, -0.2) is 31.6 Å². The Hall–Kier alpha value is -1.95. The zero-order valence-electron chi connectivity index (χ0n) is 12.0. The van der Waals surface area contributed by atoms with Gasteiger partial charge in [-0.15, -0.1) is 0 Å². The second-order valence-electron chi connectivity index (χ2n) is 4.95. The third kappa shape index (κ3) is 4.53. The maximum absolute atomic E-state index is 11.8. The summed E-state index contributed by atoms with van der Waals surface area (Å²) in [6.07, 6.45) is 2.00. The van der Waals surface area contributed by atoms with Gasteiger partial charge in [0.05, 0.1) is 19.3 Å². The minimum atomic E-state index is -0.332. The van der Waals surface area contributed by atoms with E-state index < -0.39 is 0 Å². The van der Waals surface area contributed by atoms with Crippen LogP contribution in [0.25, 0.3) is 0 Å². The largest absolute Gasteiger partial charge is 0.495 e. The van der Waals surface area contributed by atoms with Gasteiger partial charge in [0.1, 0.15) is 5.75 Å². The number of rotatable bonds is 5. The molecule has 6 nitrogen and oxygen atoms in total. The Morgan fingerprint density at radius 2 is 2.10 bits per heavy atom. The van der Waals surface area contributed by atoms with Gasteiger partial charge in [-0.3, -0.25) is 4.79 Å². The van der Waals surface area contributed by atoms with E-state index in [1.165, 1.54) is 7.11 Å². The molecule has 1 aromatic rings. The Labute approximate surface area is 128 Å². The Kier molecular flexibility index (Phi) is 4.90. The molecule has 2 rings (SSSR count). The highest BCUT2D eigenvalue weighted by molar-refractivity contribution is 6.31. The number of nitrogens with one attached hydrogen (secondary N) is 3. The van der Waals surface area contributed by atoms with Crippen molar-refractivity contribution in [1.82, 2.24) is 10.6 Å². The number of urea groups is 1. The van der Waals surface area contributed by atoms with E-state index in [1.807, 2.05) is 6.92 Å². The SMILES string of the molecule is COc1cc(Cl)c(C)cc1NC(=O)CNC(=O)NC1CC1. The summed E-state index contributed by atoms with van der Waals surface area (Å²) in [6.45, 7) is 1.72. The molecule has 3 N–H and O–H groups in total. The number of hydrogen-bond donors (Lipinski definition) is 3. The molecule has 1 aliphatic rings. The molecule has 0 radical (unpaired) electrons. The first kappa shape index (κ1) is 15.4. The minimum Gasteiger partial charge on any atom is -0.495 e. The van der Waals surface area contributed by atoms with Gasteiger partial charge < -0.3 is 20.7 Å². The molecule has 1 fully saturated rings. The Balaban J connectivity index is 1.89. The van der Waals surface area contributed by atoms with E-state index in [0.29, 0.717) is 16.5 Å². The molecule has 1 saturated carbocycles. The van der Waals surface area contributed by atoms with Crippen molar-refractivity contribution in [2.45, 2.75) is 25.8 Å². The maximum atomic E-state index is 11.8. The van der Waals surface area contributed by atoms with E-state index in [4.69, 9.17) is 16.3 Å². The maximum Gasteiger partial charge on any atom is 0.315 e. The fraction of sp³-hybridized carbons (Fsp3) is 0.429. The summed E-state index contributed by atoms with van der Waals surface area (Å²) in [5.74, 6) is 0.141. The van der Waals surface area contributed by atoms with Gasteiger partial charge in [0, 0.05) is 17.1 Å². The van der Waals surface area contributed by atoms with Crippen LogP contribution in [0.4, 0.5) is 10.5 Å². The summed E-state index contributed by atoms with van der Waals surface area (Å²) in [6, 6.07) is 3.29. The second kappa shape index (κ2) is 6.67. The normalized spacial score (nSPS) is 13.5. The number of methoxy groups -OCH3 is 1. The third-order valence-corrected chi connectivity index (χ3v) is 3.48.